The van der Waals surface area contributed by atoms with E-state index in [9.17, 15) is 0 Å². The Morgan fingerprint density at radius 2 is 1.80 bits per heavy atom. The van der Waals surface area contributed by atoms with Gasteiger partial charge in [0.1, 0.15) is 0 Å². The molecule has 20 heavy (non-hydrogen) atoms. The van der Waals surface area contributed by atoms with Gasteiger partial charge in [-0.05, 0) is 64.6 Å². The van der Waals surface area contributed by atoms with Gasteiger partial charge in [-0.1, -0.05) is 23.8 Å². The van der Waals surface area contributed by atoms with Gasteiger partial charge in [0.25, 0.3) is 0 Å². The molecule has 0 aromatic heterocycles. The molecule has 2 bridgehead atoms. The summed E-state index contributed by atoms with van der Waals surface area (Å²) in [6.45, 7) is 6.80. The number of nitrogens with zero attached hydrogens (tertiary/aromatic N) is 1. The van der Waals surface area contributed by atoms with Crippen LogP contribution >= 0.6 is 0 Å². The van der Waals surface area contributed by atoms with Crippen molar-refractivity contribution in [3.05, 3.63) is 34.9 Å². The number of nitrogens with one attached hydrogen (secondary N) is 1. The van der Waals surface area contributed by atoms with Crippen LogP contribution in [0.15, 0.2) is 18.2 Å². The first-order valence-corrected chi connectivity index (χ1v) is 8.09. The molecule has 2 aliphatic rings. The molecule has 2 saturated heterocycles. The van der Waals surface area contributed by atoms with Crippen molar-refractivity contribution in [3.63, 3.8) is 0 Å². The average Bonchev–Trinajstić information content (AvgIpc) is 2.78. The number of hydrogen-bond donors (Lipinski definition) is 1. The molecule has 2 nitrogen and oxygen atoms in total. The normalized spacial score (nSPS) is 30.8. The summed E-state index contributed by atoms with van der Waals surface area (Å²) in [6.07, 6.45) is 5.41. The lowest BCUT2D eigenvalue weighted by Crippen LogP contribution is -2.47. The predicted molar refractivity (Wildman–Crippen MR) is 85.1 cm³/mol. The van der Waals surface area contributed by atoms with E-state index in [0.717, 1.165) is 18.1 Å². The molecule has 3 atom stereocenters. The zero-order chi connectivity index (χ0) is 14.3. The van der Waals surface area contributed by atoms with Crippen LogP contribution in [-0.2, 0) is 0 Å². The second kappa shape index (κ2) is 5.50. The number of piperidine rings is 1. The van der Waals surface area contributed by atoms with Crippen molar-refractivity contribution >= 4 is 0 Å². The molecule has 3 rings (SSSR count). The molecular formula is C18H28N2. The molecule has 3 unspecified atom stereocenters. The van der Waals surface area contributed by atoms with Gasteiger partial charge < -0.3 is 5.32 Å². The van der Waals surface area contributed by atoms with Gasteiger partial charge in [-0.2, -0.15) is 0 Å². The summed E-state index contributed by atoms with van der Waals surface area (Å²) in [5.74, 6) is 0. The first-order valence-electron chi connectivity index (χ1n) is 8.09. The van der Waals surface area contributed by atoms with E-state index in [4.69, 9.17) is 0 Å². The number of fused-ring (bicyclic) bond motifs is 2. The summed E-state index contributed by atoms with van der Waals surface area (Å²) in [6, 6.07) is 9.64. The van der Waals surface area contributed by atoms with Crippen LogP contribution in [0.1, 0.15) is 55.3 Å². The molecule has 1 aromatic rings. The number of aryl methyl sites for hydroxylation is 2. The highest BCUT2D eigenvalue weighted by molar-refractivity contribution is 5.32. The van der Waals surface area contributed by atoms with E-state index in [2.05, 4.69) is 56.2 Å². The summed E-state index contributed by atoms with van der Waals surface area (Å²) in [7, 11) is 2.32. The van der Waals surface area contributed by atoms with Crippen LogP contribution in [0.4, 0.5) is 0 Å². The lowest BCUT2D eigenvalue weighted by atomic mass is 9.94. The Balaban J connectivity index is 1.76. The van der Waals surface area contributed by atoms with Crippen LogP contribution < -0.4 is 5.32 Å². The van der Waals surface area contributed by atoms with Crippen molar-refractivity contribution in [2.24, 2.45) is 0 Å². The Bertz CT molecular complexity index is 470. The number of benzene rings is 1. The third kappa shape index (κ3) is 2.64. The molecule has 0 amide bonds. The van der Waals surface area contributed by atoms with Crippen molar-refractivity contribution in [3.8, 4) is 0 Å². The van der Waals surface area contributed by atoms with Gasteiger partial charge in [0.2, 0.25) is 0 Å². The number of hydrogen-bond acceptors (Lipinski definition) is 2. The lowest BCUT2D eigenvalue weighted by molar-refractivity contribution is 0.132. The van der Waals surface area contributed by atoms with Gasteiger partial charge >= 0.3 is 0 Å². The lowest BCUT2D eigenvalue weighted by Gasteiger charge is -2.39. The molecule has 2 fully saturated rings. The number of rotatable bonds is 3. The molecule has 2 aliphatic heterocycles. The van der Waals surface area contributed by atoms with E-state index < -0.39 is 0 Å². The van der Waals surface area contributed by atoms with Crippen LogP contribution in [0.3, 0.4) is 0 Å². The highest BCUT2D eigenvalue weighted by Crippen LogP contribution is 2.33. The highest BCUT2D eigenvalue weighted by atomic mass is 15.2. The van der Waals surface area contributed by atoms with Gasteiger partial charge in [-0.25, -0.2) is 0 Å². The van der Waals surface area contributed by atoms with Gasteiger partial charge in [0, 0.05) is 24.2 Å². The highest BCUT2D eigenvalue weighted by Gasteiger charge is 2.36. The summed E-state index contributed by atoms with van der Waals surface area (Å²) in [5.41, 5.74) is 4.29. The molecule has 0 saturated carbocycles. The minimum absolute atomic E-state index is 0.511. The molecule has 0 radical (unpaired) electrons. The van der Waals surface area contributed by atoms with Crippen LogP contribution in [0.2, 0.25) is 0 Å². The first-order chi connectivity index (χ1) is 9.54. The van der Waals surface area contributed by atoms with Crippen molar-refractivity contribution in [2.75, 3.05) is 7.05 Å². The molecule has 1 aromatic carbocycles. The largest absolute Gasteiger partial charge is 0.311 e. The standard InChI is InChI=1S/C18H28N2/c1-12-5-6-13(2)18(9-12)14(3)20(4)17-10-15-7-8-16(11-17)19-15/h5-6,9,14-17,19H,7-8,10-11H2,1-4H3. The zero-order valence-electron chi connectivity index (χ0n) is 13.3. The summed E-state index contributed by atoms with van der Waals surface area (Å²) < 4.78 is 0. The minimum Gasteiger partial charge on any atom is -0.311 e. The molecule has 110 valence electrons. The SMILES string of the molecule is Cc1ccc(C)c(C(C)N(C)C2CC3CCC(C2)N3)c1. The van der Waals surface area contributed by atoms with Gasteiger partial charge in [0.15, 0.2) is 0 Å². The van der Waals surface area contributed by atoms with E-state index in [1.807, 2.05) is 0 Å². The van der Waals surface area contributed by atoms with Crippen LogP contribution in [-0.4, -0.2) is 30.1 Å². The summed E-state index contributed by atoms with van der Waals surface area (Å²) in [5, 5.41) is 3.75. The monoisotopic (exact) mass is 272 g/mol. The van der Waals surface area contributed by atoms with E-state index in [1.165, 1.54) is 42.4 Å². The van der Waals surface area contributed by atoms with Gasteiger partial charge in [0.05, 0.1) is 0 Å². The summed E-state index contributed by atoms with van der Waals surface area (Å²) >= 11 is 0. The Morgan fingerprint density at radius 1 is 1.15 bits per heavy atom. The smallest absolute Gasteiger partial charge is 0.0322 e. The Morgan fingerprint density at radius 3 is 2.45 bits per heavy atom. The van der Waals surface area contributed by atoms with E-state index in [0.29, 0.717) is 6.04 Å². The Kier molecular flexibility index (Phi) is 3.87. The molecule has 2 heterocycles. The second-order valence-corrected chi connectivity index (χ2v) is 6.96. The Hall–Kier alpha value is -0.860. The molecule has 0 spiro atoms. The Labute approximate surface area is 123 Å². The third-order valence-corrected chi connectivity index (χ3v) is 5.52. The fourth-order valence-electron chi connectivity index (χ4n) is 4.11. The van der Waals surface area contributed by atoms with Gasteiger partial charge in [-0.15, -0.1) is 0 Å². The van der Waals surface area contributed by atoms with Gasteiger partial charge in [-0.3, -0.25) is 4.90 Å². The van der Waals surface area contributed by atoms with Crippen molar-refractivity contribution in [1.82, 2.24) is 10.2 Å². The van der Waals surface area contributed by atoms with E-state index in [-0.39, 0.29) is 0 Å². The summed E-state index contributed by atoms with van der Waals surface area (Å²) in [4.78, 5) is 2.62. The maximum Gasteiger partial charge on any atom is 0.0322 e. The first kappa shape index (κ1) is 14.1. The van der Waals surface area contributed by atoms with Crippen molar-refractivity contribution < 1.29 is 0 Å². The minimum atomic E-state index is 0.511. The van der Waals surface area contributed by atoms with E-state index >= 15 is 0 Å². The fraction of sp³-hybridized carbons (Fsp3) is 0.667. The quantitative estimate of drug-likeness (QED) is 0.905. The van der Waals surface area contributed by atoms with E-state index in [1.54, 1.807) is 0 Å². The fourth-order valence-corrected chi connectivity index (χ4v) is 4.11. The average molecular weight is 272 g/mol. The maximum absolute atomic E-state index is 3.75. The molecule has 2 heteroatoms. The van der Waals surface area contributed by atoms with Crippen molar-refractivity contribution in [2.45, 2.75) is 70.6 Å². The van der Waals surface area contributed by atoms with Crippen LogP contribution in [0.25, 0.3) is 0 Å². The van der Waals surface area contributed by atoms with Crippen molar-refractivity contribution in [1.29, 1.82) is 0 Å². The molecular weight excluding hydrogens is 244 g/mol. The molecule has 0 aliphatic carbocycles. The van der Waals surface area contributed by atoms with Crippen LogP contribution in [0.5, 0.6) is 0 Å². The topological polar surface area (TPSA) is 15.3 Å². The third-order valence-electron chi connectivity index (χ3n) is 5.52. The predicted octanol–water partition coefficient (Wildman–Crippen LogP) is 3.58. The molecule has 1 N–H and O–H groups in total. The zero-order valence-corrected chi connectivity index (χ0v) is 13.3. The van der Waals surface area contributed by atoms with Crippen LogP contribution in [0, 0.1) is 13.8 Å². The second-order valence-electron chi connectivity index (χ2n) is 6.96. The maximum atomic E-state index is 3.75.